The van der Waals surface area contributed by atoms with E-state index in [4.69, 9.17) is 9.47 Å². The molecule has 0 aromatic heterocycles. The molecule has 0 saturated carbocycles. The van der Waals surface area contributed by atoms with Crippen molar-refractivity contribution in [1.82, 2.24) is 0 Å². The van der Waals surface area contributed by atoms with Crippen molar-refractivity contribution in [3.63, 3.8) is 0 Å². The molecule has 25 heavy (non-hydrogen) atoms. The van der Waals surface area contributed by atoms with Crippen LogP contribution in [0.3, 0.4) is 0 Å². The van der Waals surface area contributed by atoms with Crippen molar-refractivity contribution in [2.24, 2.45) is 5.92 Å². The number of aliphatic hydroxyl groups is 1. The van der Waals surface area contributed by atoms with E-state index in [-0.39, 0.29) is 18.6 Å². The van der Waals surface area contributed by atoms with Gasteiger partial charge in [-0.05, 0) is 71.6 Å². The summed E-state index contributed by atoms with van der Waals surface area (Å²) in [5.74, 6) is -2.40. The maximum atomic E-state index is 12.5. The third kappa shape index (κ3) is 6.16. The Kier molecular flexibility index (Phi) is 7.61. The second-order valence-corrected chi connectivity index (χ2v) is 7.10. The van der Waals surface area contributed by atoms with E-state index >= 15 is 0 Å². The second-order valence-electron chi connectivity index (χ2n) is 7.10. The van der Waals surface area contributed by atoms with Gasteiger partial charge in [0, 0.05) is 0 Å². The van der Waals surface area contributed by atoms with E-state index in [1.807, 2.05) is 32.9 Å². The number of ether oxygens (including phenoxy) is 2. The highest BCUT2D eigenvalue weighted by Gasteiger charge is 2.36. The van der Waals surface area contributed by atoms with Crippen LogP contribution in [0.15, 0.2) is 12.1 Å². The van der Waals surface area contributed by atoms with Crippen LogP contribution in [0.25, 0.3) is 0 Å². The van der Waals surface area contributed by atoms with E-state index in [1.54, 1.807) is 27.7 Å². The van der Waals surface area contributed by atoms with Gasteiger partial charge in [-0.2, -0.15) is 0 Å². The molecule has 5 nitrogen and oxygen atoms in total. The first-order chi connectivity index (χ1) is 11.5. The minimum Gasteiger partial charge on any atom is -0.463 e. The van der Waals surface area contributed by atoms with Crippen LogP contribution in [0.1, 0.15) is 49.9 Å². The first kappa shape index (κ1) is 21.2. The number of hydrogen-bond donors (Lipinski definition) is 1. The fraction of sp³-hybridized carbons (Fsp3) is 0.600. The van der Waals surface area contributed by atoms with Crippen molar-refractivity contribution in [1.29, 1.82) is 0 Å². The predicted molar refractivity (Wildman–Crippen MR) is 96.3 cm³/mol. The lowest BCUT2D eigenvalue weighted by Gasteiger charge is -2.24. The van der Waals surface area contributed by atoms with E-state index in [2.05, 4.69) is 0 Å². The largest absolute Gasteiger partial charge is 0.463 e. The molecule has 1 N–H and O–H groups in total. The number of esters is 2. The molecule has 0 heterocycles. The molecule has 0 aliphatic carbocycles. The van der Waals surface area contributed by atoms with Crippen LogP contribution in [0.4, 0.5) is 0 Å². The first-order valence-corrected chi connectivity index (χ1v) is 8.68. The second kappa shape index (κ2) is 8.99. The van der Waals surface area contributed by atoms with Gasteiger partial charge in [0.05, 0.1) is 18.1 Å². The molecule has 1 aromatic carbocycles. The van der Waals surface area contributed by atoms with E-state index in [0.717, 1.165) is 22.3 Å². The molecule has 0 spiro atoms. The molecule has 1 aromatic rings. The third-order valence-corrected chi connectivity index (χ3v) is 3.89. The van der Waals surface area contributed by atoms with Gasteiger partial charge in [-0.3, -0.25) is 4.79 Å². The molecule has 0 amide bonds. The molecule has 0 aliphatic heterocycles. The highest BCUT2D eigenvalue weighted by Crippen LogP contribution is 2.23. The quantitative estimate of drug-likeness (QED) is 0.765. The van der Waals surface area contributed by atoms with Crippen LogP contribution in [0.5, 0.6) is 0 Å². The van der Waals surface area contributed by atoms with E-state index in [9.17, 15) is 14.7 Å². The standard InChI is InChI=1S/C20H30O5/c1-11(2)24-19(22)17(18(21)20(23)25-12(3)4)10-16-14(6)8-13(5)9-15(16)7/h8-9,11-12,17-18,21H,10H2,1-7H3/t17-,18+/m1/s1. The highest BCUT2D eigenvalue weighted by atomic mass is 16.6. The number of hydrogen-bond acceptors (Lipinski definition) is 5. The van der Waals surface area contributed by atoms with Crippen LogP contribution < -0.4 is 0 Å². The first-order valence-electron chi connectivity index (χ1n) is 8.68. The minimum atomic E-state index is -1.56. The van der Waals surface area contributed by atoms with Gasteiger partial charge in [-0.1, -0.05) is 17.7 Å². The monoisotopic (exact) mass is 350 g/mol. The van der Waals surface area contributed by atoms with Gasteiger partial charge < -0.3 is 14.6 Å². The Morgan fingerprint density at radius 2 is 1.36 bits per heavy atom. The molecule has 0 radical (unpaired) electrons. The number of carbonyl (C=O) groups excluding carboxylic acids is 2. The van der Waals surface area contributed by atoms with E-state index < -0.39 is 24.0 Å². The maximum Gasteiger partial charge on any atom is 0.336 e. The van der Waals surface area contributed by atoms with Crippen LogP contribution in [-0.2, 0) is 25.5 Å². The summed E-state index contributed by atoms with van der Waals surface area (Å²) < 4.78 is 10.3. The van der Waals surface area contributed by atoms with Crippen LogP contribution >= 0.6 is 0 Å². The Morgan fingerprint density at radius 1 is 0.920 bits per heavy atom. The molecule has 0 bridgehead atoms. The summed E-state index contributed by atoms with van der Waals surface area (Å²) in [6.07, 6.45) is -2.04. The third-order valence-electron chi connectivity index (χ3n) is 3.89. The highest BCUT2D eigenvalue weighted by molar-refractivity contribution is 5.84. The summed E-state index contributed by atoms with van der Waals surface area (Å²) in [5, 5.41) is 10.4. The van der Waals surface area contributed by atoms with Crippen LogP contribution in [0.2, 0.25) is 0 Å². The van der Waals surface area contributed by atoms with Crippen molar-refractivity contribution in [3.05, 3.63) is 34.4 Å². The summed E-state index contributed by atoms with van der Waals surface area (Å²) in [6.45, 7) is 12.8. The number of aryl methyl sites for hydroxylation is 3. The van der Waals surface area contributed by atoms with Gasteiger partial charge in [0.2, 0.25) is 0 Å². The lowest BCUT2D eigenvalue weighted by molar-refractivity contribution is -0.170. The van der Waals surface area contributed by atoms with Crippen LogP contribution in [-0.4, -0.2) is 35.4 Å². The number of carbonyl (C=O) groups is 2. The van der Waals surface area contributed by atoms with Crippen LogP contribution in [0, 0.1) is 26.7 Å². The number of benzene rings is 1. The summed E-state index contributed by atoms with van der Waals surface area (Å²) in [5.41, 5.74) is 4.10. The molecular formula is C20H30O5. The summed E-state index contributed by atoms with van der Waals surface area (Å²) >= 11 is 0. The van der Waals surface area contributed by atoms with E-state index in [1.165, 1.54) is 0 Å². The normalized spacial score (nSPS) is 13.7. The maximum absolute atomic E-state index is 12.5. The Bertz CT molecular complexity index is 596. The van der Waals surface area contributed by atoms with Crippen molar-refractivity contribution in [2.45, 2.75) is 73.2 Å². The zero-order valence-corrected chi connectivity index (χ0v) is 16.3. The molecule has 0 unspecified atom stereocenters. The smallest absolute Gasteiger partial charge is 0.336 e. The van der Waals surface area contributed by atoms with Crippen molar-refractivity contribution in [3.8, 4) is 0 Å². The molecule has 2 atom stereocenters. The van der Waals surface area contributed by atoms with E-state index in [0.29, 0.717) is 0 Å². The molecule has 0 fully saturated rings. The van der Waals surface area contributed by atoms with Crippen molar-refractivity contribution in [2.75, 3.05) is 0 Å². The molecule has 1 rings (SSSR count). The molecule has 0 aliphatic rings. The summed E-state index contributed by atoms with van der Waals surface area (Å²) in [4.78, 5) is 24.6. The SMILES string of the molecule is Cc1cc(C)c(C[C@@H](C(=O)OC(C)C)[C@H](O)C(=O)OC(C)C)c(C)c1. The lowest BCUT2D eigenvalue weighted by atomic mass is 9.88. The van der Waals surface area contributed by atoms with Crippen molar-refractivity contribution >= 4 is 11.9 Å². The average Bonchev–Trinajstić information content (AvgIpc) is 2.44. The summed E-state index contributed by atoms with van der Waals surface area (Å²) in [7, 11) is 0. The fourth-order valence-electron chi connectivity index (χ4n) is 2.86. The molecular weight excluding hydrogens is 320 g/mol. The van der Waals surface area contributed by atoms with Crippen molar-refractivity contribution < 1.29 is 24.2 Å². The average molecular weight is 350 g/mol. The Balaban J connectivity index is 3.15. The van der Waals surface area contributed by atoms with Gasteiger partial charge in [0.25, 0.3) is 0 Å². The molecule has 5 heteroatoms. The fourth-order valence-corrected chi connectivity index (χ4v) is 2.86. The number of aliphatic hydroxyl groups excluding tert-OH is 1. The predicted octanol–water partition coefficient (Wildman–Crippen LogP) is 3.03. The van der Waals surface area contributed by atoms with Gasteiger partial charge in [-0.15, -0.1) is 0 Å². The molecule has 140 valence electrons. The topological polar surface area (TPSA) is 72.8 Å². The number of rotatable bonds is 7. The Hall–Kier alpha value is -1.88. The molecule has 0 saturated heterocycles. The minimum absolute atomic E-state index is 0.220. The van der Waals surface area contributed by atoms with Gasteiger partial charge in [0.15, 0.2) is 6.10 Å². The van der Waals surface area contributed by atoms with Gasteiger partial charge >= 0.3 is 11.9 Å². The van der Waals surface area contributed by atoms with Gasteiger partial charge in [0.1, 0.15) is 0 Å². The zero-order chi connectivity index (χ0) is 19.3. The zero-order valence-electron chi connectivity index (χ0n) is 16.3. The summed E-state index contributed by atoms with van der Waals surface area (Å²) in [6, 6.07) is 4.04. The van der Waals surface area contributed by atoms with Gasteiger partial charge in [-0.25, -0.2) is 4.79 Å². The Labute approximate surface area is 150 Å². The lowest BCUT2D eigenvalue weighted by Crippen LogP contribution is -2.40. The Morgan fingerprint density at radius 3 is 1.80 bits per heavy atom.